The van der Waals surface area contributed by atoms with E-state index in [-0.39, 0.29) is 6.04 Å². The van der Waals surface area contributed by atoms with Crippen LogP contribution in [0.1, 0.15) is 27.8 Å². The minimum atomic E-state index is 0.107. The van der Waals surface area contributed by atoms with E-state index in [1.54, 1.807) is 4.88 Å². The normalized spacial score (nSPS) is 16.6. The van der Waals surface area contributed by atoms with Crippen LogP contribution in [0.3, 0.4) is 0 Å². The fraction of sp³-hybridized carbons (Fsp3) is 0.455. The first-order valence-electron chi connectivity index (χ1n) is 4.60. The van der Waals surface area contributed by atoms with Crippen molar-refractivity contribution in [3.63, 3.8) is 0 Å². The Kier molecular flexibility index (Phi) is 2.39. The zero-order chi connectivity index (χ0) is 9.26. The van der Waals surface area contributed by atoms with E-state index in [1.807, 2.05) is 18.4 Å². The van der Waals surface area contributed by atoms with Gasteiger partial charge in [-0.25, -0.2) is 0 Å². The molecule has 0 fully saturated rings. The number of fused-ring (bicyclic) bond motifs is 1. The predicted molar refractivity (Wildman–Crippen MR) is 57.0 cm³/mol. The van der Waals surface area contributed by atoms with Crippen molar-refractivity contribution in [2.45, 2.75) is 25.3 Å². The molecule has 1 aromatic rings. The molecule has 68 valence electrons. The SMILES string of the molecule is C#CC(NC)c1cc2c(s1)CCC2. The summed E-state index contributed by atoms with van der Waals surface area (Å²) in [6.45, 7) is 0. The van der Waals surface area contributed by atoms with Crippen molar-refractivity contribution in [2.75, 3.05) is 7.05 Å². The molecule has 0 aromatic carbocycles. The lowest BCUT2D eigenvalue weighted by molar-refractivity contribution is 0.748. The van der Waals surface area contributed by atoms with Crippen LogP contribution in [0, 0.1) is 12.3 Å². The van der Waals surface area contributed by atoms with E-state index in [0.717, 1.165) is 0 Å². The van der Waals surface area contributed by atoms with Crippen molar-refractivity contribution in [1.82, 2.24) is 5.32 Å². The molecule has 2 rings (SSSR count). The van der Waals surface area contributed by atoms with Gasteiger partial charge in [0.2, 0.25) is 0 Å². The van der Waals surface area contributed by atoms with Gasteiger partial charge in [0.1, 0.15) is 6.04 Å². The monoisotopic (exact) mass is 191 g/mol. The van der Waals surface area contributed by atoms with Crippen LogP contribution in [0.2, 0.25) is 0 Å². The second kappa shape index (κ2) is 3.53. The summed E-state index contributed by atoms with van der Waals surface area (Å²) in [5.41, 5.74) is 1.52. The van der Waals surface area contributed by atoms with Gasteiger partial charge in [-0.15, -0.1) is 17.8 Å². The summed E-state index contributed by atoms with van der Waals surface area (Å²) >= 11 is 1.87. The Morgan fingerprint density at radius 3 is 3.08 bits per heavy atom. The van der Waals surface area contributed by atoms with Crippen LogP contribution >= 0.6 is 11.3 Å². The Hall–Kier alpha value is -0.780. The van der Waals surface area contributed by atoms with E-state index >= 15 is 0 Å². The van der Waals surface area contributed by atoms with Gasteiger partial charge < -0.3 is 5.32 Å². The van der Waals surface area contributed by atoms with Crippen molar-refractivity contribution >= 4 is 11.3 Å². The molecule has 1 N–H and O–H groups in total. The molecule has 0 saturated heterocycles. The maximum absolute atomic E-state index is 5.43. The van der Waals surface area contributed by atoms with Crippen molar-refractivity contribution in [1.29, 1.82) is 0 Å². The van der Waals surface area contributed by atoms with Crippen LogP contribution in [-0.2, 0) is 12.8 Å². The second-order valence-corrected chi connectivity index (χ2v) is 4.51. The fourth-order valence-electron chi connectivity index (χ4n) is 1.80. The van der Waals surface area contributed by atoms with E-state index in [9.17, 15) is 0 Å². The van der Waals surface area contributed by atoms with Crippen LogP contribution < -0.4 is 5.32 Å². The van der Waals surface area contributed by atoms with E-state index in [4.69, 9.17) is 6.42 Å². The zero-order valence-corrected chi connectivity index (χ0v) is 8.58. The fourth-order valence-corrected chi connectivity index (χ4v) is 3.13. The smallest absolute Gasteiger partial charge is 0.103 e. The first-order chi connectivity index (χ1) is 6.35. The molecule has 0 spiro atoms. The molecule has 1 heterocycles. The number of rotatable bonds is 2. The number of nitrogens with one attached hydrogen (secondary N) is 1. The van der Waals surface area contributed by atoms with Crippen molar-refractivity contribution in [3.05, 3.63) is 21.4 Å². The molecule has 1 aliphatic carbocycles. The molecule has 13 heavy (non-hydrogen) atoms. The average molecular weight is 191 g/mol. The van der Waals surface area contributed by atoms with Crippen LogP contribution in [0.4, 0.5) is 0 Å². The second-order valence-electron chi connectivity index (χ2n) is 3.34. The molecule has 1 unspecified atom stereocenters. The van der Waals surface area contributed by atoms with Gasteiger partial charge in [0.15, 0.2) is 0 Å². The molecule has 1 atom stereocenters. The molecule has 1 aliphatic rings. The zero-order valence-electron chi connectivity index (χ0n) is 7.76. The lowest BCUT2D eigenvalue weighted by Gasteiger charge is -2.05. The summed E-state index contributed by atoms with van der Waals surface area (Å²) in [6, 6.07) is 2.38. The Bertz CT molecular complexity index is 324. The lowest BCUT2D eigenvalue weighted by atomic mass is 10.2. The molecule has 0 saturated carbocycles. The minimum Gasteiger partial charge on any atom is -0.302 e. The van der Waals surface area contributed by atoms with Crippen LogP contribution in [-0.4, -0.2) is 7.05 Å². The first kappa shape index (κ1) is 8.80. The van der Waals surface area contributed by atoms with Crippen molar-refractivity contribution in [3.8, 4) is 12.3 Å². The first-order valence-corrected chi connectivity index (χ1v) is 5.41. The van der Waals surface area contributed by atoms with Gasteiger partial charge >= 0.3 is 0 Å². The van der Waals surface area contributed by atoms with Gasteiger partial charge in [-0.05, 0) is 37.9 Å². The van der Waals surface area contributed by atoms with Gasteiger partial charge in [-0.3, -0.25) is 0 Å². The van der Waals surface area contributed by atoms with E-state index in [0.29, 0.717) is 0 Å². The Morgan fingerprint density at radius 1 is 1.62 bits per heavy atom. The van der Waals surface area contributed by atoms with Crippen molar-refractivity contribution in [2.24, 2.45) is 0 Å². The molecule has 2 heteroatoms. The molecule has 1 nitrogen and oxygen atoms in total. The Balaban J connectivity index is 2.28. The minimum absolute atomic E-state index is 0.107. The third-order valence-electron chi connectivity index (χ3n) is 2.51. The summed E-state index contributed by atoms with van der Waals surface area (Å²) in [5.74, 6) is 2.76. The molecule has 0 amide bonds. The maximum atomic E-state index is 5.43. The number of hydrogen-bond donors (Lipinski definition) is 1. The van der Waals surface area contributed by atoms with Crippen LogP contribution in [0.25, 0.3) is 0 Å². The van der Waals surface area contributed by atoms with Gasteiger partial charge in [-0.2, -0.15) is 0 Å². The number of aryl methyl sites for hydroxylation is 2. The lowest BCUT2D eigenvalue weighted by Crippen LogP contribution is -2.12. The highest BCUT2D eigenvalue weighted by Crippen LogP contribution is 2.33. The van der Waals surface area contributed by atoms with Gasteiger partial charge in [0.25, 0.3) is 0 Å². The number of hydrogen-bond acceptors (Lipinski definition) is 2. The van der Waals surface area contributed by atoms with Crippen molar-refractivity contribution < 1.29 is 0 Å². The largest absolute Gasteiger partial charge is 0.302 e. The van der Waals surface area contributed by atoms with E-state index < -0.39 is 0 Å². The molecule has 0 radical (unpaired) electrons. The van der Waals surface area contributed by atoms with E-state index in [1.165, 1.54) is 29.7 Å². The summed E-state index contributed by atoms with van der Waals surface area (Å²) in [4.78, 5) is 2.85. The molecular weight excluding hydrogens is 178 g/mol. The summed E-state index contributed by atoms with van der Waals surface area (Å²) in [6.07, 6.45) is 9.24. The van der Waals surface area contributed by atoms with Gasteiger partial charge in [0.05, 0.1) is 0 Å². The third kappa shape index (κ3) is 1.50. The highest BCUT2D eigenvalue weighted by atomic mass is 32.1. The molecule has 0 aliphatic heterocycles. The molecular formula is C11H13NS. The number of thiophene rings is 1. The third-order valence-corrected chi connectivity index (χ3v) is 3.81. The Morgan fingerprint density at radius 2 is 2.46 bits per heavy atom. The van der Waals surface area contributed by atoms with Gasteiger partial charge in [0, 0.05) is 9.75 Å². The summed E-state index contributed by atoms with van der Waals surface area (Å²) < 4.78 is 0. The quantitative estimate of drug-likeness (QED) is 0.706. The maximum Gasteiger partial charge on any atom is 0.103 e. The van der Waals surface area contributed by atoms with Gasteiger partial charge in [-0.1, -0.05) is 5.92 Å². The highest BCUT2D eigenvalue weighted by Gasteiger charge is 2.17. The molecule has 1 aromatic heterocycles. The van der Waals surface area contributed by atoms with Crippen LogP contribution in [0.15, 0.2) is 6.07 Å². The predicted octanol–water partition coefficient (Wildman–Crippen LogP) is 2.13. The number of terminal acetylenes is 1. The average Bonchev–Trinajstić information content (AvgIpc) is 2.65. The highest BCUT2D eigenvalue weighted by molar-refractivity contribution is 7.12. The summed E-state index contributed by atoms with van der Waals surface area (Å²) in [7, 11) is 1.91. The topological polar surface area (TPSA) is 12.0 Å². The standard InChI is InChI=1S/C11H13NS/c1-3-9(12-2)11-7-8-5-4-6-10(8)13-11/h1,7,9,12H,4-6H2,2H3. The van der Waals surface area contributed by atoms with E-state index in [2.05, 4.69) is 17.3 Å². The summed E-state index contributed by atoms with van der Waals surface area (Å²) in [5, 5.41) is 3.13. The molecule has 0 bridgehead atoms. The van der Waals surface area contributed by atoms with Crippen LogP contribution in [0.5, 0.6) is 0 Å². The Labute approximate surface area is 83.2 Å².